The molecule has 1 aromatic rings. The van der Waals surface area contributed by atoms with Crippen molar-refractivity contribution in [3.05, 3.63) is 47.5 Å². The van der Waals surface area contributed by atoms with Crippen molar-refractivity contribution in [2.75, 3.05) is 6.54 Å². The van der Waals surface area contributed by atoms with Crippen LogP contribution in [0.2, 0.25) is 5.02 Å². The molecule has 2 rings (SSSR count). The van der Waals surface area contributed by atoms with E-state index in [1.807, 2.05) is 6.08 Å². The van der Waals surface area contributed by atoms with E-state index in [-0.39, 0.29) is 5.91 Å². The molecular weight excluding hydrogens is 316 g/mol. The van der Waals surface area contributed by atoms with E-state index in [0.717, 1.165) is 12.8 Å². The van der Waals surface area contributed by atoms with Gasteiger partial charge in [0.15, 0.2) is 5.11 Å². The molecule has 1 fully saturated rings. The van der Waals surface area contributed by atoms with E-state index in [1.165, 1.54) is 19.3 Å². The first-order valence-electron chi connectivity index (χ1n) is 7.61. The molecule has 0 unspecified atom stereocenters. The van der Waals surface area contributed by atoms with Crippen molar-refractivity contribution in [1.29, 1.82) is 0 Å². The highest BCUT2D eigenvalue weighted by Gasteiger charge is 2.23. The van der Waals surface area contributed by atoms with Crippen LogP contribution in [0.3, 0.4) is 0 Å². The van der Waals surface area contributed by atoms with Gasteiger partial charge in [-0.25, -0.2) is 0 Å². The van der Waals surface area contributed by atoms with Crippen molar-refractivity contribution in [3.8, 4) is 0 Å². The zero-order valence-electron chi connectivity index (χ0n) is 12.6. The van der Waals surface area contributed by atoms with Crippen molar-refractivity contribution in [2.45, 2.75) is 38.1 Å². The second-order valence-corrected chi connectivity index (χ2v) is 6.27. The molecule has 3 nitrogen and oxygen atoms in total. The Balaban J connectivity index is 2.05. The van der Waals surface area contributed by atoms with Crippen LogP contribution >= 0.6 is 23.8 Å². The fraction of sp³-hybridized carbons (Fsp3) is 0.412. The first-order chi connectivity index (χ1) is 10.6. The number of amides is 1. The number of carbonyl (C=O) groups excluding carboxylic acids is 1. The van der Waals surface area contributed by atoms with Gasteiger partial charge in [-0.1, -0.05) is 49.1 Å². The fourth-order valence-corrected chi connectivity index (χ4v) is 3.35. The zero-order valence-corrected chi connectivity index (χ0v) is 14.1. The van der Waals surface area contributed by atoms with Gasteiger partial charge >= 0.3 is 0 Å². The number of carbonyl (C=O) groups is 1. The van der Waals surface area contributed by atoms with Gasteiger partial charge < -0.3 is 4.90 Å². The van der Waals surface area contributed by atoms with E-state index in [2.05, 4.69) is 16.8 Å². The summed E-state index contributed by atoms with van der Waals surface area (Å²) in [6.45, 7) is 4.44. The summed E-state index contributed by atoms with van der Waals surface area (Å²) >= 11 is 11.5. The minimum absolute atomic E-state index is 0.263. The van der Waals surface area contributed by atoms with Gasteiger partial charge in [0.1, 0.15) is 0 Å². The maximum Gasteiger partial charge on any atom is 0.258 e. The number of rotatable bonds is 4. The number of halogens is 1. The summed E-state index contributed by atoms with van der Waals surface area (Å²) < 4.78 is 0. The minimum atomic E-state index is -0.263. The summed E-state index contributed by atoms with van der Waals surface area (Å²) in [5.74, 6) is -0.263. The Morgan fingerprint density at radius 2 is 2.05 bits per heavy atom. The second-order valence-electron chi connectivity index (χ2n) is 5.47. The molecule has 0 saturated heterocycles. The van der Waals surface area contributed by atoms with Crippen LogP contribution in [-0.2, 0) is 0 Å². The van der Waals surface area contributed by atoms with E-state index in [4.69, 9.17) is 23.8 Å². The predicted octanol–water partition coefficient (Wildman–Crippen LogP) is 4.18. The minimum Gasteiger partial charge on any atom is -0.342 e. The molecule has 0 atom stereocenters. The SMILES string of the molecule is C=CCN(C(=S)NC(=O)c1ccccc1Cl)C1CCCCC1. The Labute approximate surface area is 142 Å². The third-order valence-electron chi connectivity index (χ3n) is 3.94. The molecule has 0 bridgehead atoms. The lowest BCUT2D eigenvalue weighted by atomic mass is 9.94. The Bertz CT molecular complexity index is 555. The van der Waals surface area contributed by atoms with Crippen LogP contribution in [-0.4, -0.2) is 28.5 Å². The molecule has 5 heteroatoms. The largest absolute Gasteiger partial charge is 0.342 e. The predicted molar refractivity (Wildman–Crippen MR) is 95.3 cm³/mol. The molecule has 0 aromatic heterocycles. The van der Waals surface area contributed by atoms with Crippen molar-refractivity contribution < 1.29 is 4.79 Å². The number of thiocarbonyl (C=S) groups is 1. The molecule has 1 aliphatic rings. The van der Waals surface area contributed by atoms with Gasteiger partial charge in [0.05, 0.1) is 10.6 Å². The molecule has 0 spiro atoms. The van der Waals surface area contributed by atoms with E-state index in [0.29, 0.717) is 28.3 Å². The summed E-state index contributed by atoms with van der Waals surface area (Å²) in [6.07, 6.45) is 7.73. The number of nitrogens with one attached hydrogen (secondary N) is 1. The van der Waals surface area contributed by atoms with Gasteiger partial charge in [0.2, 0.25) is 0 Å². The Morgan fingerprint density at radius 3 is 2.68 bits per heavy atom. The average Bonchev–Trinajstić information content (AvgIpc) is 2.53. The Kier molecular flexibility index (Phi) is 6.40. The van der Waals surface area contributed by atoms with Crippen LogP contribution in [0.15, 0.2) is 36.9 Å². The summed E-state index contributed by atoms with van der Waals surface area (Å²) in [6, 6.07) is 7.35. The van der Waals surface area contributed by atoms with Crippen molar-refractivity contribution in [2.24, 2.45) is 0 Å². The van der Waals surface area contributed by atoms with Crippen LogP contribution in [0.5, 0.6) is 0 Å². The summed E-state index contributed by atoms with van der Waals surface area (Å²) in [7, 11) is 0. The Morgan fingerprint density at radius 1 is 1.36 bits per heavy atom. The first-order valence-corrected chi connectivity index (χ1v) is 8.39. The molecule has 0 heterocycles. The van der Waals surface area contributed by atoms with E-state index in [1.54, 1.807) is 24.3 Å². The smallest absolute Gasteiger partial charge is 0.258 e. The average molecular weight is 337 g/mol. The number of hydrogen-bond acceptors (Lipinski definition) is 2. The third-order valence-corrected chi connectivity index (χ3v) is 4.61. The second kappa shape index (κ2) is 8.30. The lowest BCUT2D eigenvalue weighted by Gasteiger charge is -2.35. The molecule has 22 heavy (non-hydrogen) atoms. The van der Waals surface area contributed by atoms with Crippen LogP contribution in [0.25, 0.3) is 0 Å². The van der Waals surface area contributed by atoms with Crippen LogP contribution in [0.4, 0.5) is 0 Å². The molecule has 118 valence electrons. The Hall–Kier alpha value is -1.39. The maximum atomic E-state index is 12.3. The van der Waals surface area contributed by atoms with Gasteiger partial charge in [-0.2, -0.15) is 0 Å². The van der Waals surface area contributed by atoms with Gasteiger partial charge in [0, 0.05) is 12.6 Å². The maximum absolute atomic E-state index is 12.3. The highest BCUT2D eigenvalue weighted by molar-refractivity contribution is 7.80. The van der Waals surface area contributed by atoms with Crippen molar-refractivity contribution in [1.82, 2.24) is 10.2 Å². The quantitative estimate of drug-likeness (QED) is 0.661. The molecule has 1 saturated carbocycles. The van der Waals surface area contributed by atoms with Crippen LogP contribution < -0.4 is 5.32 Å². The number of hydrogen-bond donors (Lipinski definition) is 1. The summed E-state index contributed by atoms with van der Waals surface area (Å²) in [5.41, 5.74) is 0.439. The van der Waals surface area contributed by atoms with Crippen LogP contribution in [0.1, 0.15) is 42.5 Å². The molecule has 1 amide bonds. The highest BCUT2D eigenvalue weighted by Crippen LogP contribution is 2.23. The van der Waals surface area contributed by atoms with Gasteiger partial charge in [-0.05, 0) is 37.2 Å². The standard InChI is InChI=1S/C17H21ClN2OS/c1-2-12-20(13-8-4-3-5-9-13)17(22)19-16(21)14-10-6-7-11-15(14)18/h2,6-7,10-11,13H,1,3-5,8-9,12H2,(H,19,21,22). The van der Waals surface area contributed by atoms with E-state index >= 15 is 0 Å². The number of benzene rings is 1. The van der Waals surface area contributed by atoms with Gasteiger partial charge in [-0.3, -0.25) is 10.1 Å². The summed E-state index contributed by atoms with van der Waals surface area (Å²) in [4.78, 5) is 14.4. The molecule has 1 N–H and O–H groups in total. The molecule has 0 aliphatic heterocycles. The fourth-order valence-electron chi connectivity index (χ4n) is 2.81. The molecule has 0 radical (unpaired) electrons. The van der Waals surface area contributed by atoms with E-state index < -0.39 is 0 Å². The van der Waals surface area contributed by atoms with Crippen molar-refractivity contribution >= 4 is 34.8 Å². The monoisotopic (exact) mass is 336 g/mol. The first kappa shape index (κ1) is 17.0. The molecule has 1 aliphatic carbocycles. The normalized spacial score (nSPS) is 15.1. The number of nitrogens with zero attached hydrogens (tertiary/aromatic N) is 1. The highest BCUT2D eigenvalue weighted by atomic mass is 35.5. The van der Waals surface area contributed by atoms with Gasteiger partial charge in [-0.15, -0.1) is 6.58 Å². The third kappa shape index (κ3) is 4.31. The van der Waals surface area contributed by atoms with E-state index in [9.17, 15) is 4.79 Å². The topological polar surface area (TPSA) is 32.3 Å². The van der Waals surface area contributed by atoms with Gasteiger partial charge in [0.25, 0.3) is 5.91 Å². The zero-order chi connectivity index (χ0) is 15.9. The van der Waals surface area contributed by atoms with Crippen LogP contribution in [0, 0.1) is 0 Å². The lowest BCUT2D eigenvalue weighted by Crippen LogP contribution is -2.48. The summed E-state index contributed by atoms with van der Waals surface area (Å²) in [5, 5.41) is 3.69. The van der Waals surface area contributed by atoms with Crippen molar-refractivity contribution in [3.63, 3.8) is 0 Å². The molecular formula is C17H21ClN2OS. The lowest BCUT2D eigenvalue weighted by molar-refractivity contribution is 0.0971. The molecule has 1 aromatic carbocycles.